The van der Waals surface area contributed by atoms with Crippen molar-refractivity contribution in [3.63, 3.8) is 0 Å². The van der Waals surface area contributed by atoms with Gasteiger partial charge in [0.1, 0.15) is 110 Å². The molecule has 148 heavy (non-hydrogen) atoms. The molecule has 0 radical (unpaired) electrons. The van der Waals surface area contributed by atoms with Crippen LogP contribution in [0, 0.1) is 52.1 Å². The molecule has 0 saturated carbocycles. The molecular weight excluding hydrogens is 2040 g/mol. The zero-order chi connectivity index (χ0) is 106. The standard InChI is InChI=1S/C21H19F3N6.C20H17F3N6.C19H14BrF3N6.C19H13F5N6.C19H14F4N6O/c1-3-13-4-9-16-17(10-13)30(12(2)26-16)20-28-18(25)11-19(29-20)27-15-7-5-14(6-8-15)21(22,23)24;1-11-3-8-15-16(9-11)29(12(2)25-15)19-27-17(24)10-18(28-19)26-14-6-4-13(5-7-14)20(21,22)23;1-10-25-14-7-4-12(20)8-15(14)29(10)18-27-16(24)9-17(28-18)26-13-5-2-11(3-6-13)19(21,22)23;1-9-26-17-13(21)6-11(20)7-14(17)30(9)18-28-15(25)8-16(29-18)27-12-4-2-10(3-5-12)19(22,23)24;20-11-3-6-16-26-13(9-30)17(29(16)8-11)18-27-14(24)7-15(28-18)25-12-4-1-10(2-5-12)19(21,22)23/h4-11H,3H2,1-2H3,(H3,25,27,28,29);3-10H,1-2H3,(H3,24,26,27,28);2-9H,1H3,(H3,24,26,27,28);2-8H,1H3,(H3,25,27,28,29);1-8,30H,9H2,(H3,24,25,27,28). The molecule has 0 fully saturated rings. The first kappa shape index (κ1) is 103. The van der Waals surface area contributed by atoms with Gasteiger partial charge in [0.15, 0.2) is 11.6 Å². The lowest BCUT2D eigenvalue weighted by molar-refractivity contribution is -0.138. The van der Waals surface area contributed by atoms with Crippen LogP contribution in [0.25, 0.3) is 85.1 Å². The average molecular weight is 2110 g/mol. The fourth-order valence-electron chi connectivity index (χ4n) is 15.1. The highest BCUT2D eigenvalue weighted by molar-refractivity contribution is 9.10. The average Bonchev–Trinajstić information content (AvgIpc) is 1.65. The molecule has 9 aromatic carbocycles. The Labute approximate surface area is 832 Å². The number of nitrogens with two attached hydrogens (primary N) is 5. The quantitative estimate of drug-likeness (QED) is 0.0377. The maximum absolute atomic E-state index is 14.0. The van der Waals surface area contributed by atoms with Crippen molar-refractivity contribution in [2.75, 3.05) is 55.3 Å². The number of benzene rings is 9. The molecule has 20 aromatic rings. The molecule has 0 saturated heterocycles. The molecule has 0 atom stereocenters. The Balaban J connectivity index is 0.000000132. The minimum absolute atomic E-state index is 0.00517. The Morgan fingerprint density at radius 2 is 0.642 bits per heavy atom. The van der Waals surface area contributed by atoms with Gasteiger partial charge in [-0.2, -0.15) is 106 Å². The number of pyridine rings is 1. The Hall–Kier alpha value is -17.9. The van der Waals surface area contributed by atoms with Crippen LogP contribution in [0.15, 0.2) is 241 Å². The predicted molar refractivity (Wildman–Crippen MR) is 525 cm³/mol. The number of aromatic nitrogens is 20. The van der Waals surface area contributed by atoms with Crippen molar-refractivity contribution in [3.8, 4) is 35.3 Å². The SMILES string of the molecule is CCc1ccc2nc(C)n(-c3nc(N)cc(Nc4ccc(C(F)(F)F)cc4)n3)c2c1.Cc1ccc2nc(C)n(-c3nc(N)cc(Nc4ccc(C(F)(F)F)cc4)n3)c2c1.Cc1nc2c(F)cc(F)cc2n1-c1nc(N)cc(Nc2ccc(C(F)(F)F)cc2)n1.Cc1nc2ccc(Br)cc2n1-c1nc(N)cc(Nc2ccc(C(F)(F)F)cc2)n1.Nc1cc(Nc2ccc(C(F)(F)F)cc2)nc(-c2c(CO)nc3ccc(F)cn23)n1. The van der Waals surface area contributed by atoms with E-state index in [2.05, 4.69) is 124 Å². The summed E-state index contributed by atoms with van der Waals surface area (Å²) in [5.74, 6) is 3.41. The van der Waals surface area contributed by atoms with Crippen molar-refractivity contribution in [1.82, 2.24) is 97.4 Å². The lowest BCUT2D eigenvalue weighted by Gasteiger charge is -2.12. The van der Waals surface area contributed by atoms with Gasteiger partial charge >= 0.3 is 30.9 Å². The van der Waals surface area contributed by atoms with Gasteiger partial charge < -0.3 is 60.4 Å². The van der Waals surface area contributed by atoms with Crippen LogP contribution < -0.4 is 55.3 Å². The first-order valence-electron chi connectivity index (χ1n) is 43.7. The molecule has 0 bridgehead atoms. The fraction of sp³-hybridized carbons (Fsp3) is 0.133. The smallest absolute Gasteiger partial charge is 0.390 e. The molecule has 11 heterocycles. The summed E-state index contributed by atoms with van der Waals surface area (Å²) in [6, 6.07) is 52.0. The van der Waals surface area contributed by atoms with Gasteiger partial charge in [0.2, 0.25) is 23.8 Å². The summed E-state index contributed by atoms with van der Waals surface area (Å²) in [5, 5.41) is 24.3. The molecular formula is C98H77BrF18N30O. The van der Waals surface area contributed by atoms with Gasteiger partial charge in [-0.1, -0.05) is 35.0 Å². The lowest BCUT2D eigenvalue weighted by Crippen LogP contribution is -2.08. The molecule has 0 unspecified atom stereocenters. The third-order valence-electron chi connectivity index (χ3n) is 21.8. The van der Waals surface area contributed by atoms with E-state index in [1.54, 1.807) is 16.1 Å². The number of halogens is 19. The van der Waals surface area contributed by atoms with Crippen LogP contribution in [-0.4, -0.2) is 103 Å². The Morgan fingerprint density at radius 3 is 1.00 bits per heavy atom. The van der Waals surface area contributed by atoms with Crippen LogP contribution in [0.4, 0.5) is 166 Å². The number of nitrogens with one attached hydrogen (secondary N) is 5. The highest BCUT2D eigenvalue weighted by Gasteiger charge is 2.35. The third kappa shape index (κ3) is 23.9. The molecule has 11 aromatic heterocycles. The third-order valence-corrected chi connectivity index (χ3v) is 22.3. The van der Waals surface area contributed by atoms with Gasteiger partial charge in [0, 0.05) is 81.6 Å². The fourth-order valence-corrected chi connectivity index (χ4v) is 15.5. The molecule has 50 heteroatoms. The number of aliphatic hydroxyl groups excluding tert-OH is 1. The summed E-state index contributed by atoms with van der Waals surface area (Å²) in [4.78, 5) is 65.1. The molecule has 16 N–H and O–H groups in total. The second-order valence-electron chi connectivity index (χ2n) is 32.6. The van der Waals surface area contributed by atoms with Gasteiger partial charge in [-0.3, -0.25) is 22.7 Å². The summed E-state index contributed by atoms with van der Waals surface area (Å²) in [7, 11) is 0. The summed E-state index contributed by atoms with van der Waals surface area (Å²) in [5.41, 5.74) is 35.8. The van der Waals surface area contributed by atoms with E-state index in [4.69, 9.17) is 28.7 Å². The summed E-state index contributed by atoms with van der Waals surface area (Å²) < 4.78 is 241. The van der Waals surface area contributed by atoms with E-state index in [1.807, 2.05) is 86.9 Å². The van der Waals surface area contributed by atoms with E-state index in [0.717, 1.165) is 128 Å². The minimum atomic E-state index is -4.45. The van der Waals surface area contributed by atoms with Crippen LogP contribution in [-0.2, 0) is 43.9 Å². The van der Waals surface area contributed by atoms with Crippen molar-refractivity contribution >= 4 is 152 Å². The first-order valence-corrected chi connectivity index (χ1v) is 44.5. The molecule has 0 aliphatic carbocycles. The zero-order valence-electron chi connectivity index (χ0n) is 77.4. The number of hydrogen-bond donors (Lipinski definition) is 11. The Kier molecular flexibility index (Phi) is 28.9. The number of aliphatic hydroxyl groups is 1. The number of nitrogens with zero attached hydrogens (tertiary/aromatic N) is 20. The van der Waals surface area contributed by atoms with Crippen LogP contribution in [0.5, 0.6) is 0 Å². The van der Waals surface area contributed by atoms with Crippen LogP contribution in [0.3, 0.4) is 0 Å². The number of rotatable bonds is 17. The molecule has 20 rings (SSSR count). The van der Waals surface area contributed by atoms with E-state index in [0.29, 0.717) is 92.7 Å². The highest BCUT2D eigenvalue weighted by atomic mass is 79.9. The van der Waals surface area contributed by atoms with Gasteiger partial charge in [-0.25, -0.2) is 48.1 Å². The lowest BCUT2D eigenvalue weighted by atomic mass is 10.1. The van der Waals surface area contributed by atoms with Crippen molar-refractivity contribution in [2.24, 2.45) is 0 Å². The van der Waals surface area contributed by atoms with Gasteiger partial charge in [-0.15, -0.1) is 0 Å². The molecule has 0 amide bonds. The van der Waals surface area contributed by atoms with Crippen LogP contribution in [0.1, 0.15) is 74.9 Å². The summed E-state index contributed by atoms with van der Waals surface area (Å²) in [6.07, 6.45) is -20.0. The minimum Gasteiger partial charge on any atom is -0.390 e. The first-order chi connectivity index (χ1) is 70.0. The Morgan fingerprint density at radius 1 is 0.318 bits per heavy atom. The van der Waals surface area contributed by atoms with E-state index < -0.39 is 82.8 Å². The molecule has 758 valence electrons. The summed E-state index contributed by atoms with van der Waals surface area (Å²) >= 11 is 3.44. The van der Waals surface area contributed by atoms with Crippen molar-refractivity contribution < 1.29 is 84.1 Å². The second-order valence-corrected chi connectivity index (χ2v) is 33.5. The maximum Gasteiger partial charge on any atom is 0.416 e. The van der Waals surface area contributed by atoms with Crippen LogP contribution >= 0.6 is 15.9 Å². The van der Waals surface area contributed by atoms with Gasteiger partial charge in [-0.05, 0) is 228 Å². The molecule has 0 aliphatic rings. The largest absolute Gasteiger partial charge is 0.416 e. The predicted octanol–water partition coefficient (Wildman–Crippen LogP) is 23.6. The topological polar surface area (TPSA) is 428 Å². The number of hydrogen-bond acceptors (Lipinski definition) is 26. The van der Waals surface area contributed by atoms with E-state index in [9.17, 15) is 84.1 Å². The highest BCUT2D eigenvalue weighted by Crippen LogP contribution is 2.40. The van der Waals surface area contributed by atoms with Crippen molar-refractivity contribution in [1.29, 1.82) is 0 Å². The van der Waals surface area contributed by atoms with E-state index >= 15 is 0 Å². The number of nitrogen functional groups attached to an aromatic ring is 5. The van der Waals surface area contributed by atoms with E-state index in [1.165, 1.54) is 118 Å². The number of alkyl halides is 15. The molecule has 0 spiro atoms. The van der Waals surface area contributed by atoms with Crippen LogP contribution in [0.2, 0.25) is 0 Å². The normalized spacial score (nSPS) is 11.8. The molecule has 31 nitrogen and oxygen atoms in total. The van der Waals surface area contributed by atoms with Gasteiger partial charge in [0.25, 0.3) is 0 Å². The number of imidazole rings is 5. The summed E-state index contributed by atoms with van der Waals surface area (Å²) in [6.45, 7) is 10.7. The number of anilines is 15. The van der Waals surface area contributed by atoms with Crippen molar-refractivity contribution in [3.05, 3.63) is 327 Å². The van der Waals surface area contributed by atoms with Crippen molar-refractivity contribution in [2.45, 2.75) is 85.5 Å². The second kappa shape index (κ2) is 41.5. The number of aryl methyl sites for hydroxylation is 6. The van der Waals surface area contributed by atoms with Gasteiger partial charge in [0.05, 0.1) is 78.7 Å². The Bertz CT molecular complexity index is 8130. The monoisotopic (exact) mass is 2110 g/mol. The zero-order valence-corrected chi connectivity index (χ0v) is 79.0. The molecule has 0 aliphatic heterocycles. The number of fused-ring (bicyclic) bond motifs is 5. The van der Waals surface area contributed by atoms with E-state index in [-0.39, 0.29) is 74.9 Å². The maximum atomic E-state index is 14.0.